The zero-order chi connectivity index (χ0) is 10.7. The lowest BCUT2D eigenvalue weighted by molar-refractivity contribution is 0.0850. The SMILES string of the molecule is N.NC(CO)(C(CO)CO)S(=O)(=O)O. The summed E-state index contributed by atoms with van der Waals surface area (Å²) in [6.45, 7) is -2.60. The maximum Gasteiger partial charge on any atom is 0.286 e. The maximum absolute atomic E-state index is 10.7. The van der Waals surface area contributed by atoms with Gasteiger partial charge in [0.2, 0.25) is 0 Å². The molecule has 0 radical (unpaired) electrons. The van der Waals surface area contributed by atoms with Crippen LogP contribution in [0.5, 0.6) is 0 Å². The van der Waals surface area contributed by atoms with E-state index >= 15 is 0 Å². The molecule has 0 saturated heterocycles. The minimum Gasteiger partial charge on any atom is -0.396 e. The summed E-state index contributed by atoms with van der Waals surface area (Å²) < 4.78 is 30.0. The summed E-state index contributed by atoms with van der Waals surface area (Å²) in [5, 5.41) is 25.9. The quantitative estimate of drug-likeness (QED) is 0.277. The van der Waals surface area contributed by atoms with Crippen molar-refractivity contribution in [2.75, 3.05) is 19.8 Å². The van der Waals surface area contributed by atoms with Gasteiger partial charge in [0.1, 0.15) is 0 Å². The molecule has 1 unspecified atom stereocenters. The highest BCUT2D eigenvalue weighted by molar-refractivity contribution is 7.87. The minimum absolute atomic E-state index is 0. The highest BCUT2D eigenvalue weighted by atomic mass is 32.2. The third-order valence-electron chi connectivity index (χ3n) is 1.86. The fourth-order valence-electron chi connectivity index (χ4n) is 0.788. The first-order valence-corrected chi connectivity index (χ1v) is 4.86. The van der Waals surface area contributed by atoms with Crippen LogP contribution in [0, 0.1) is 5.92 Å². The monoisotopic (exact) mass is 232 g/mol. The molecule has 1 atom stereocenters. The van der Waals surface area contributed by atoms with Gasteiger partial charge < -0.3 is 27.2 Å². The Hall–Kier alpha value is -0.290. The van der Waals surface area contributed by atoms with Crippen LogP contribution in [-0.4, -0.2) is 53.0 Å². The highest BCUT2D eigenvalue weighted by Crippen LogP contribution is 2.19. The Balaban J connectivity index is 0. The standard InChI is InChI=1S/C5H13NO6S.H3N/c6-5(3-9,13(10,11)12)4(1-7)2-8;/h4,7-9H,1-3,6H2,(H,10,11,12);1H3. The summed E-state index contributed by atoms with van der Waals surface area (Å²) in [5.74, 6) is -1.33. The molecule has 8 nitrogen and oxygen atoms in total. The van der Waals surface area contributed by atoms with E-state index in [2.05, 4.69) is 0 Å². The first-order valence-electron chi connectivity index (χ1n) is 3.42. The predicted molar refractivity (Wildman–Crippen MR) is 48.2 cm³/mol. The van der Waals surface area contributed by atoms with Gasteiger partial charge in [-0.25, -0.2) is 0 Å². The van der Waals surface area contributed by atoms with Crippen molar-refractivity contribution in [3.8, 4) is 0 Å². The summed E-state index contributed by atoms with van der Waals surface area (Å²) in [4.78, 5) is -2.42. The van der Waals surface area contributed by atoms with Crippen molar-refractivity contribution in [2.45, 2.75) is 4.87 Å². The summed E-state index contributed by atoms with van der Waals surface area (Å²) in [7, 11) is -4.73. The third kappa shape index (κ3) is 2.85. The van der Waals surface area contributed by atoms with Crippen molar-refractivity contribution < 1.29 is 28.3 Å². The van der Waals surface area contributed by atoms with Crippen molar-refractivity contribution in [2.24, 2.45) is 11.7 Å². The van der Waals surface area contributed by atoms with Gasteiger partial charge in [-0.15, -0.1) is 0 Å². The molecule has 88 valence electrons. The van der Waals surface area contributed by atoms with Crippen molar-refractivity contribution >= 4 is 10.1 Å². The number of nitrogens with two attached hydrogens (primary N) is 1. The van der Waals surface area contributed by atoms with Crippen molar-refractivity contribution in [3.05, 3.63) is 0 Å². The average molecular weight is 232 g/mol. The topological polar surface area (TPSA) is 176 Å². The lowest BCUT2D eigenvalue weighted by Gasteiger charge is -2.30. The number of aliphatic hydroxyl groups excluding tert-OH is 3. The predicted octanol–water partition coefficient (Wildman–Crippen LogP) is -2.72. The molecule has 0 fully saturated rings. The van der Waals surface area contributed by atoms with E-state index in [1.807, 2.05) is 0 Å². The van der Waals surface area contributed by atoms with Crippen molar-refractivity contribution in [1.29, 1.82) is 0 Å². The molecule has 0 aromatic rings. The molecule has 0 heterocycles. The normalized spacial score (nSPS) is 16.1. The van der Waals surface area contributed by atoms with Crippen LogP contribution < -0.4 is 11.9 Å². The van der Waals surface area contributed by atoms with Gasteiger partial charge in [0, 0.05) is 5.92 Å². The van der Waals surface area contributed by atoms with Crippen molar-refractivity contribution in [1.82, 2.24) is 6.15 Å². The first kappa shape index (κ1) is 16.2. The molecule has 0 aromatic carbocycles. The highest BCUT2D eigenvalue weighted by Gasteiger charge is 2.45. The van der Waals surface area contributed by atoms with E-state index in [-0.39, 0.29) is 6.15 Å². The van der Waals surface area contributed by atoms with E-state index in [1.165, 1.54) is 0 Å². The van der Waals surface area contributed by atoms with Crippen molar-refractivity contribution in [3.63, 3.8) is 0 Å². The van der Waals surface area contributed by atoms with Crippen LogP contribution in [0.1, 0.15) is 0 Å². The van der Waals surface area contributed by atoms with Gasteiger partial charge in [0.25, 0.3) is 10.1 Å². The summed E-state index contributed by atoms with van der Waals surface area (Å²) in [5.41, 5.74) is 5.13. The fourth-order valence-corrected chi connectivity index (χ4v) is 1.52. The molecule has 0 aliphatic heterocycles. The molecule has 0 saturated carbocycles. The summed E-state index contributed by atoms with van der Waals surface area (Å²) in [6.07, 6.45) is 0. The van der Waals surface area contributed by atoms with Crippen LogP contribution in [0.15, 0.2) is 0 Å². The molecule has 9 N–H and O–H groups in total. The smallest absolute Gasteiger partial charge is 0.286 e. The Labute approximate surface area is 81.7 Å². The lowest BCUT2D eigenvalue weighted by Crippen LogP contribution is -2.58. The molecule has 0 aliphatic carbocycles. The van der Waals surface area contributed by atoms with Crippen LogP contribution >= 0.6 is 0 Å². The van der Waals surface area contributed by atoms with E-state index in [1.54, 1.807) is 0 Å². The molecule has 0 aromatic heterocycles. The van der Waals surface area contributed by atoms with Crippen LogP contribution in [0.25, 0.3) is 0 Å². The maximum atomic E-state index is 10.7. The Kier molecular flexibility index (Phi) is 6.41. The minimum atomic E-state index is -4.73. The Morgan fingerprint density at radius 3 is 1.64 bits per heavy atom. The number of aliphatic hydroxyl groups is 3. The Bertz CT molecular complexity index is 251. The van der Waals surface area contributed by atoms with E-state index in [0.29, 0.717) is 0 Å². The third-order valence-corrected chi connectivity index (χ3v) is 3.28. The number of rotatable bonds is 5. The van der Waals surface area contributed by atoms with E-state index < -0.39 is 40.7 Å². The molecule has 9 heteroatoms. The number of hydrogen-bond donors (Lipinski definition) is 6. The van der Waals surface area contributed by atoms with E-state index in [9.17, 15) is 8.42 Å². The fraction of sp³-hybridized carbons (Fsp3) is 1.00. The molecule has 0 rings (SSSR count). The lowest BCUT2D eigenvalue weighted by atomic mass is 10.0. The number of hydrogen-bond acceptors (Lipinski definition) is 7. The summed E-state index contributed by atoms with van der Waals surface area (Å²) in [6, 6.07) is 0. The Morgan fingerprint density at radius 2 is 1.57 bits per heavy atom. The van der Waals surface area contributed by atoms with Gasteiger partial charge in [0.05, 0.1) is 19.8 Å². The molecular formula is C5H16N2O6S. The molecule has 0 amide bonds. The molecule has 14 heavy (non-hydrogen) atoms. The zero-order valence-electron chi connectivity index (χ0n) is 7.50. The zero-order valence-corrected chi connectivity index (χ0v) is 8.31. The van der Waals surface area contributed by atoms with E-state index in [0.717, 1.165) is 0 Å². The Morgan fingerprint density at radius 1 is 1.21 bits per heavy atom. The largest absolute Gasteiger partial charge is 0.396 e. The molecular weight excluding hydrogens is 216 g/mol. The van der Waals surface area contributed by atoms with Gasteiger partial charge in [-0.3, -0.25) is 4.55 Å². The average Bonchev–Trinajstić information content (AvgIpc) is 2.04. The van der Waals surface area contributed by atoms with Gasteiger partial charge in [-0.05, 0) is 0 Å². The van der Waals surface area contributed by atoms with Crippen LogP contribution in [-0.2, 0) is 10.1 Å². The van der Waals surface area contributed by atoms with E-state index in [4.69, 9.17) is 25.6 Å². The first-order chi connectivity index (χ1) is 5.83. The van der Waals surface area contributed by atoms with Gasteiger partial charge in [-0.2, -0.15) is 8.42 Å². The second kappa shape index (κ2) is 5.56. The van der Waals surface area contributed by atoms with Gasteiger partial charge in [0.15, 0.2) is 4.87 Å². The molecule has 0 bridgehead atoms. The molecule has 0 spiro atoms. The summed E-state index contributed by atoms with van der Waals surface area (Å²) >= 11 is 0. The second-order valence-electron chi connectivity index (χ2n) is 2.65. The van der Waals surface area contributed by atoms with Crippen LogP contribution in [0.4, 0.5) is 0 Å². The second-order valence-corrected chi connectivity index (χ2v) is 4.36. The molecule has 0 aliphatic rings. The van der Waals surface area contributed by atoms with Gasteiger partial charge >= 0.3 is 0 Å². The van der Waals surface area contributed by atoms with Crippen LogP contribution in [0.2, 0.25) is 0 Å². The van der Waals surface area contributed by atoms with Crippen LogP contribution in [0.3, 0.4) is 0 Å². The van der Waals surface area contributed by atoms with Gasteiger partial charge in [-0.1, -0.05) is 0 Å².